The number of benzene rings is 4. The van der Waals surface area contributed by atoms with Gasteiger partial charge in [-0.25, -0.2) is 0 Å². The maximum Gasteiger partial charge on any atom is 0.200 e. The van der Waals surface area contributed by atoms with E-state index in [4.69, 9.17) is 14.2 Å². The third kappa shape index (κ3) is 4.45. The smallest absolute Gasteiger partial charge is 0.200 e. The lowest BCUT2D eigenvalue weighted by atomic mass is 9.89. The number of phenolic OH excluding ortho intramolecular Hbond substituents is 6. The first kappa shape index (κ1) is 26.4. The maximum absolute atomic E-state index is 11.5. The van der Waals surface area contributed by atoms with E-state index in [1.807, 2.05) is 0 Å². The van der Waals surface area contributed by atoms with Crippen LogP contribution in [0.4, 0.5) is 0 Å². The standard InChI is InChI=1S/C30H26O11/c31-15-5-1-13(2-6-15)25-23(37)29(17-9-11-19(33)21(35)27(17)39-25)41-30-18-10-12-20(34)22(36)28(18)40-26(24(30)38)14-3-7-16(32)8-4-14/h1-12,23-26,29-38H. The topological polar surface area (TPSA) is 190 Å². The zero-order chi connectivity index (χ0) is 29.0. The largest absolute Gasteiger partial charge is 0.508 e. The van der Waals surface area contributed by atoms with E-state index in [-0.39, 0.29) is 34.1 Å². The highest BCUT2D eigenvalue weighted by Crippen LogP contribution is 2.55. The lowest BCUT2D eigenvalue weighted by Crippen LogP contribution is -2.41. The summed E-state index contributed by atoms with van der Waals surface area (Å²) < 4.78 is 18.3. The maximum atomic E-state index is 11.5. The molecule has 4 aromatic carbocycles. The van der Waals surface area contributed by atoms with E-state index in [0.717, 1.165) is 0 Å². The Morgan fingerprint density at radius 2 is 0.854 bits per heavy atom. The molecule has 11 heteroatoms. The summed E-state index contributed by atoms with van der Waals surface area (Å²) in [6.07, 6.45) is -7.62. The van der Waals surface area contributed by atoms with Crippen molar-refractivity contribution in [1.82, 2.24) is 0 Å². The van der Waals surface area contributed by atoms with E-state index in [2.05, 4.69) is 0 Å². The molecule has 0 fully saturated rings. The van der Waals surface area contributed by atoms with Crippen LogP contribution in [0, 0.1) is 0 Å². The highest BCUT2D eigenvalue weighted by atomic mass is 16.6. The van der Waals surface area contributed by atoms with Gasteiger partial charge in [-0.1, -0.05) is 24.3 Å². The molecule has 0 saturated carbocycles. The van der Waals surface area contributed by atoms with E-state index in [1.54, 1.807) is 0 Å². The molecule has 0 spiro atoms. The first-order valence-corrected chi connectivity index (χ1v) is 12.7. The van der Waals surface area contributed by atoms with Gasteiger partial charge in [-0.05, 0) is 59.7 Å². The van der Waals surface area contributed by atoms with Crippen molar-refractivity contribution in [2.45, 2.75) is 36.6 Å². The molecular formula is C30H26O11. The Hall–Kier alpha value is -4.84. The molecule has 2 aliphatic rings. The third-order valence-electron chi connectivity index (χ3n) is 7.36. The van der Waals surface area contributed by atoms with E-state index >= 15 is 0 Å². The minimum absolute atomic E-state index is 0.0157. The number of phenols is 6. The summed E-state index contributed by atoms with van der Waals surface area (Å²) in [6.45, 7) is 0. The number of ether oxygens (including phenoxy) is 3. The van der Waals surface area contributed by atoms with Gasteiger partial charge in [0.15, 0.2) is 35.2 Å². The van der Waals surface area contributed by atoms with Gasteiger partial charge >= 0.3 is 0 Å². The summed E-state index contributed by atoms with van der Waals surface area (Å²) in [4.78, 5) is 0. The van der Waals surface area contributed by atoms with Crippen molar-refractivity contribution in [3.63, 3.8) is 0 Å². The minimum Gasteiger partial charge on any atom is -0.508 e. The number of aliphatic hydroxyl groups is 2. The van der Waals surface area contributed by atoms with E-state index in [0.29, 0.717) is 11.1 Å². The number of fused-ring (bicyclic) bond motifs is 2. The van der Waals surface area contributed by atoms with Crippen molar-refractivity contribution in [3.05, 3.63) is 95.1 Å². The summed E-state index contributed by atoms with van der Waals surface area (Å²) >= 11 is 0. The fourth-order valence-corrected chi connectivity index (χ4v) is 5.25. The summed E-state index contributed by atoms with van der Waals surface area (Å²) in [6, 6.07) is 16.9. The monoisotopic (exact) mass is 562 g/mol. The van der Waals surface area contributed by atoms with Crippen molar-refractivity contribution >= 4 is 0 Å². The van der Waals surface area contributed by atoms with Crippen LogP contribution >= 0.6 is 0 Å². The lowest BCUT2D eigenvalue weighted by Gasteiger charge is -2.42. The molecule has 4 aromatic rings. The van der Waals surface area contributed by atoms with Crippen LogP contribution in [0.3, 0.4) is 0 Å². The molecule has 0 aromatic heterocycles. The Morgan fingerprint density at radius 3 is 1.22 bits per heavy atom. The molecule has 0 saturated heterocycles. The van der Waals surface area contributed by atoms with Gasteiger partial charge in [0.2, 0.25) is 11.5 Å². The number of aliphatic hydroxyl groups excluding tert-OH is 2. The van der Waals surface area contributed by atoms with Crippen LogP contribution in [0.2, 0.25) is 0 Å². The fraction of sp³-hybridized carbons (Fsp3) is 0.200. The summed E-state index contributed by atoms with van der Waals surface area (Å²) in [7, 11) is 0. The quantitative estimate of drug-likeness (QED) is 0.169. The second-order valence-electron chi connectivity index (χ2n) is 9.92. The molecule has 41 heavy (non-hydrogen) atoms. The first-order chi connectivity index (χ1) is 19.6. The zero-order valence-electron chi connectivity index (χ0n) is 21.2. The van der Waals surface area contributed by atoms with Crippen LogP contribution in [-0.4, -0.2) is 53.1 Å². The van der Waals surface area contributed by atoms with Crippen LogP contribution < -0.4 is 9.47 Å². The normalized spacial score (nSPS) is 24.9. The average molecular weight is 563 g/mol. The van der Waals surface area contributed by atoms with Gasteiger partial charge in [0.25, 0.3) is 0 Å². The minimum atomic E-state index is -1.42. The van der Waals surface area contributed by atoms with E-state index in [1.165, 1.54) is 72.8 Å². The van der Waals surface area contributed by atoms with Crippen LogP contribution in [0.5, 0.6) is 46.0 Å². The molecule has 0 amide bonds. The molecule has 0 bridgehead atoms. The SMILES string of the molecule is Oc1ccc(C2Oc3c(ccc(O)c3O)C(OC3c4ccc(O)c(O)c4OC(c4ccc(O)cc4)C3O)C2O)cc1. The van der Waals surface area contributed by atoms with Gasteiger partial charge in [-0.3, -0.25) is 0 Å². The molecule has 0 radical (unpaired) electrons. The first-order valence-electron chi connectivity index (χ1n) is 12.7. The molecule has 6 unspecified atom stereocenters. The number of rotatable bonds is 4. The Balaban J connectivity index is 1.46. The van der Waals surface area contributed by atoms with Gasteiger partial charge in [-0.2, -0.15) is 0 Å². The highest BCUT2D eigenvalue weighted by molar-refractivity contribution is 5.58. The Bertz CT molecular complexity index is 1470. The number of hydrogen-bond acceptors (Lipinski definition) is 11. The second-order valence-corrected chi connectivity index (χ2v) is 9.92. The van der Waals surface area contributed by atoms with Crippen LogP contribution in [-0.2, 0) is 4.74 Å². The van der Waals surface area contributed by atoms with Gasteiger partial charge in [0.1, 0.15) is 35.9 Å². The molecule has 0 aliphatic carbocycles. The molecule has 6 atom stereocenters. The van der Waals surface area contributed by atoms with E-state index in [9.17, 15) is 40.9 Å². The summed E-state index contributed by atoms with van der Waals surface area (Å²) in [5.74, 6) is -2.42. The fourth-order valence-electron chi connectivity index (χ4n) is 5.25. The third-order valence-corrected chi connectivity index (χ3v) is 7.36. The molecule has 8 N–H and O–H groups in total. The zero-order valence-corrected chi connectivity index (χ0v) is 21.2. The molecule has 2 aliphatic heterocycles. The van der Waals surface area contributed by atoms with Crippen molar-refractivity contribution in [3.8, 4) is 46.0 Å². The van der Waals surface area contributed by atoms with Crippen molar-refractivity contribution in [1.29, 1.82) is 0 Å². The lowest BCUT2D eigenvalue weighted by molar-refractivity contribution is -0.175. The van der Waals surface area contributed by atoms with Crippen molar-refractivity contribution < 1.29 is 55.1 Å². The number of aromatic hydroxyl groups is 6. The average Bonchev–Trinajstić information content (AvgIpc) is 2.96. The second kappa shape index (κ2) is 9.97. The highest BCUT2D eigenvalue weighted by Gasteiger charge is 2.47. The van der Waals surface area contributed by atoms with Crippen LogP contribution in [0.15, 0.2) is 72.8 Å². The molecular weight excluding hydrogens is 536 g/mol. The van der Waals surface area contributed by atoms with Gasteiger partial charge in [0.05, 0.1) is 0 Å². The number of hydrogen-bond donors (Lipinski definition) is 8. The summed E-state index contributed by atoms with van der Waals surface area (Å²) in [5, 5.41) is 84.2. The van der Waals surface area contributed by atoms with Gasteiger partial charge in [-0.15, -0.1) is 0 Å². The van der Waals surface area contributed by atoms with Crippen molar-refractivity contribution in [2.75, 3.05) is 0 Å². The van der Waals surface area contributed by atoms with E-state index < -0.39 is 59.6 Å². The molecule has 212 valence electrons. The van der Waals surface area contributed by atoms with Crippen molar-refractivity contribution in [2.24, 2.45) is 0 Å². The predicted molar refractivity (Wildman–Crippen MR) is 141 cm³/mol. The van der Waals surface area contributed by atoms with Crippen LogP contribution in [0.25, 0.3) is 0 Å². The summed E-state index contributed by atoms with van der Waals surface area (Å²) in [5.41, 5.74) is 1.20. The molecule has 2 heterocycles. The van der Waals surface area contributed by atoms with Gasteiger partial charge < -0.3 is 55.1 Å². The van der Waals surface area contributed by atoms with Gasteiger partial charge in [0, 0.05) is 11.1 Å². The Morgan fingerprint density at radius 1 is 0.488 bits per heavy atom. The molecule has 11 nitrogen and oxygen atoms in total. The Kier molecular flexibility index (Phi) is 6.41. The molecule has 6 rings (SSSR count). The van der Waals surface area contributed by atoms with Crippen LogP contribution in [0.1, 0.15) is 46.7 Å². The Labute approximate surface area is 232 Å². The predicted octanol–water partition coefficient (Wildman–Crippen LogP) is 3.71.